The first kappa shape index (κ1) is 11.2. The predicted octanol–water partition coefficient (Wildman–Crippen LogP) is 0.906. The van der Waals surface area contributed by atoms with Crippen molar-refractivity contribution in [2.45, 2.75) is 6.54 Å². The van der Waals surface area contributed by atoms with Crippen LogP contribution in [0.15, 0.2) is 17.3 Å². The third-order valence-corrected chi connectivity index (χ3v) is 2.07. The van der Waals surface area contributed by atoms with Crippen molar-refractivity contribution in [2.75, 3.05) is 14.1 Å². The molecule has 80 valence electrons. The molecule has 1 N–H and O–H groups in total. The van der Waals surface area contributed by atoms with E-state index in [0.29, 0.717) is 11.4 Å². The number of carbonyl (C=O) groups excluding carboxylic acids is 1. The van der Waals surface area contributed by atoms with Crippen LogP contribution in [0.2, 0.25) is 0 Å². The lowest BCUT2D eigenvalue weighted by Gasteiger charge is -2.11. The zero-order chi connectivity index (χ0) is 11.4. The van der Waals surface area contributed by atoms with Gasteiger partial charge in [-0.2, -0.15) is 0 Å². The minimum atomic E-state index is -0.0213. The fourth-order valence-electron chi connectivity index (χ4n) is 1.19. The van der Waals surface area contributed by atoms with Gasteiger partial charge in [0.25, 0.3) is 0 Å². The van der Waals surface area contributed by atoms with Crippen LogP contribution in [0.3, 0.4) is 0 Å². The van der Waals surface area contributed by atoms with Gasteiger partial charge >= 0.3 is 0 Å². The molecule has 0 unspecified atom stereocenters. The van der Waals surface area contributed by atoms with Gasteiger partial charge in [-0.1, -0.05) is 0 Å². The Morgan fingerprint density at radius 3 is 2.87 bits per heavy atom. The van der Waals surface area contributed by atoms with Gasteiger partial charge in [-0.15, -0.1) is 0 Å². The van der Waals surface area contributed by atoms with Gasteiger partial charge in [0.1, 0.15) is 12.4 Å². The van der Waals surface area contributed by atoms with Crippen LogP contribution in [0.5, 0.6) is 0 Å². The van der Waals surface area contributed by atoms with Crippen LogP contribution < -0.4 is 0 Å². The Hall–Kier alpha value is -1.91. The Labute approximate surface area is 88.5 Å². The quantitative estimate of drug-likeness (QED) is 0.731. The maximum atomic E-state index is 11.5. The Kier molecular flexibility index (Phi) is 3.38. The summed E-state index contributed by atoms with van der Waals surface area (Å²) in [5.74, 6) is 0.534. The normalized spacial score (nSPS) is 9.73. The van der Waals surface area contributed by atoms with E-state index in [-0.39, 0.29) is 12.5 Å². The molecular weight excluding hydrogens is 192 g/mol. The second kappa shape index (κ2) is 4.54. The van der Waals surface area contributed by atoms with E-state index >= 15 is 0 Å². The van der Waals surface area contributed by atoms with Gasteiger partial charge in [-0.25, -0.2) is 4.99 Å². The summed E-state index contributed by atoms with van der Waals surface area (Å²) in [5.41, 5.74) is 0.663. The SMILES string of the molecule is C=Nc1c(C=N)ccn1CC(=O)N(C)C. The van der Waals surface area contributed by atoms with Gasteiger partial charge in [0.15, 0.2) is 0 Å². The van der Waals surface area contributed by atoms with Crippen molar-refractivity contribution < 1.29 is 4.79 Å². The summed E-state index contributed by atoms with van der Waals surface area (Å²) in [6.07, 6.45) is 2.92. The molecule has 0 spiro atoms. The number of carbonyl (C=O) groups is 1. The summed E-state index contributed by atoms with van der Waals surface area (Å²) in [5, 5.41) is 7.15. The number of nitrogens with zero attached hydrogens (tertiary/aromatic N) is 3. The van der Waals surface area contributed by atoms with Crippen molar-refractivity contribution >= 4 is 24.7 Å². The van der Waals surface area contributed by atoms with Gasteiger partial charge in [0, 0.05) is 32.1 Å². The van der Waals surface area contributed by atoms with E-state index in [1.807, 2.05) is 0 Å². The van der Waals surface area contributed by atoms with Crippen LogP contribution in [0.1, 0.15) is 5.56 Å². The van der Waals surface area contributed by atoms with Crippen LogP contribution in [0.4, 0.5) is 5.82 Å². The monoisotopic (exact) mass is 206 g/mol. The second-order valence-corrected chi connectivity index (χ2v) is 3.31. The average molecular weight is 206 g/mol. The molecule has 5 heteroatoms. The summed E-state index contributed by atoms with van der Waals surface area (Å²) in [6, 6.07) is 1.74. The number of hydrogen-bond acceptors (Lipinski definition) is 3. The molecule has 0 aliphatic heterocycles. The van der Waals surface area contributed by atoms with Crippen molar-refractivity contribution in [3.05, 3.63) is 17.8 Å². The molecule has 0 bridgehead atoms. The molecule has 0 fully saturated rings. The molecule has 0 saturated carbocycles. The number of nitrogens with one attached hydrogen (secondary N) is 1. The van der Waals surface area contributed by atoms with Crippen molar-refractivity contribution in [3.8, 4) is 0 Å². The largest absolute Gasteiger partial charge is 0.347 e. The molecule has 15 heavy (non-hydrogen) atoms. The Bertz CT molecular complexity index is 392. The summed E-state index contributed by atoms with van der Waals surface area (Å²) >= 11 is 0. The van der Waals surface area contributed by atoms with E-state index < -0.39 is 0 Å². The molecule has 0 atom stereocenters. The van der Waals surface area contributed by atoms with Gasteiger partial charge in [0.05, 0.1) is 0 Å². The zero-order valence-corrected chi connectivity index (χ0v) is 8.90. The lowest BCUT2D eigenvalue weighted by molar-refractivity contribution is -0.129. The van der Waals surface area contributed by atoms with Gasteiger partial charge < -0.3 is 14.9 Å². The fraction of sp³-hybridized carbons (Fsp3) is 0.300. The summed E-state index contributed by atoms with van der Waals surface area (Å²) in [7, 11) is 3.40. The van der Waals surface area contributed by atoms with Crippen LogP contribution in [-0.4, -0.2) is 42.4 Å². The zero-order valence-electron chi connectivity index (χ0n) is 8.90. The van der Waals surface area contributed by atoms with E-state index in [1.165, 1.54) is 11.1 Å². The van der Waals surface area contributed by atoms with Crippen LogP contribution >= 0.6 is 0 Å². The van der Waals surface area contributed by atoms with Gasteiger partial charge in [-0.05, 0) is 12.8 Å². The number of aromatic nitrogens is 1. The van der Waals surface area contributed by atoms with Crippen molar-refractivity contribution in [1.82, 2.24) is 9.47 Å². The minimum Gasteiger partial charge on any atom is -0.347 e. The average Bonchev–Trinajstić information content (AvgIpc) is 2.59. The minimum absolute atomic E-state index is 0.0213. The molecule has 0 aromatic carbocycles. The molecule has 0 saturated heterocycles. The second-order valence-electron chi connectivity index (χ2n) is 3.31. The van der Waals surface area contributed by atoms with Crippen LogP contribution in [-0.2, 0) is 11.3 Å². The molecule has 1 aromatic heterocycles. The number of rotatable bonds is 4. The number of hydrogen-bond donors (Lipinski definition) is 1. The molecule has 1 aromatic rings. The predicted molar refractivity (Wildman–Crippen MR) is 60.2 cm³/mol. The maximum Gasteiger partial charge on any atom is 0.242 e. The summed E-state index contributed by atoms with van der Waals surface area (Å²) < 4.78 is 1.68. The van der Waals surface area contributed by atoms with E-state index in [1.54, 1.807) is 30.9 Å². The smallest absolute Gasteiger partial charge is 0.242 e. The van der Waals surface area contributed by atoms with E-state index in [4.69, 9.17) is 5.41 Å². The topological polar surface area (TPSA) is 61.5 Å². The van der Waals surface area contributed by atoms with Crippen LogP contribution in [0.25, 0.3) is 0 Å². The van der Waals surface area contributed by atoms with E-state index in [0.717, 1.165) is 0 Å². The molecule has 1 rings (SSSR count). The third-order valence-electron chi connectivity index (χ3n) is 2.07. The molecule has 0 aliphatic carbocycles. The highest BCUT2D eigenvalue weighted by atomic mass is 16.2. The summed E-state index contributed by atoms with van der Waals surface area (Å²) in [6.45, 7) is 3.64. The molecule has 1 amide bonds. The standard InChI is InChI=1S/C10H14N4O/c1-12-10-8(6-11)4-5-14(10)7-9(15)13(2)3/h4-6,11H,1,7H2,2-3H3. The number of amides is 1. The number of likely N-dealkylation sites (N-methyl/N-ethyl adjacent to an activating group) is 1. The number of aliphatic imine (C=N–C) groups is 1. The Balaban J connectivity index is 2.95. The molecule has 5 nitrogen and oxygen atoms in total. The molecule has 1 heterocycles. The van der Waals surface area contributed by atoms with Gasteiger partial charge in [-0.3, -0.25) is 4.79 Å². The summed E-state index contributed by atoms with van der Waals surface area (Å²) in [4.78, 5) is 16.8. The highest BCUT2D eigenvalue weighted by Gasteiger charge is 2.10. The van der Waals surface area contributed by atoms with Gasteiger partial charge in [0.2, 0.25) is 5.91 Å². The first-order valence-corrected chi connectivity index (χ1v) is 4.46. The van der Waals surface area contributed by atoms with Crippen LogP contribution in [0, 0.1) is 5.41 Å². The lowest BCUT2D eigenvalue weighted by Crippen LogP contribution is -2.25. The van der Waals surface area contributed by atoms with Crippen molar-refractivity contribution in [2.24, 2.45) is 4.99 Å². The van der Waals surface area contributed by atoms with E-state index in [9.17, 15) is 4.79 Å². The van der Waals surface area contributed by atoms with Crippen molar-refractivity contribution in [1.29, 1.82) is 5.41 Å². The third kappa shape index (κ3) is 2.31. The Morgan fingerprint density at radius 2 is 2.40 bits per heavy atom. The fourth-order valence-corrected chi connectivity index (χ4v) is 1.19. The first-order valence-electron chi connectivity index (χ1n) is 4.46. The van der Waals surface area contributed by atoms with Crippen molar-refractivity contribution in [3.63, 3.8) is 0 Å². The highest BCUT2D eigenvalue weighted by Crippen LogP contribution is 2.18. The molecular formula is C10H14N4O. The van der Waals surface area contributed by atoms with E-state index in [2.05, 4.69) is 11.7 Å². The molecule has 0 aliphatic rings. The Morgan fingerprint density at radius 1 is 1.73 bits per heavy atom. The molecule has 0 radical (unpaired) electrons. The maximum absolute atomic E-state index is 11.5. The first-order chi connectivity index (χ1) is 7.10. The highest BCUT2D eigenvalue weighted by molar-refractivity contribution is 5.85. The lowest BCUT2D eigenvalue weighted by atomic mass is 10.3.